The molecule has 1 heterocycles. The van der Waals surface area contributed by atoms with Crippen LogP contribution in [0.2, 0.25) is 0 Å². The van der Waals surface area contributed by atoms with Gasteiger partial charge in [0.15, 0.2) is 0 Å². The van der Waals surface area contributed by atoms with Crippen LogP contribution >= 0.6 is 11.3 Å². The number of thiazole rings is 1. The maximum Gasteiger partial charge on any atom is 0.251 e. The molecule has 2 N–H and O–H groups in total. The van der Waals surface area contributed by atoms with Crippen molar-refractivity contribution in [1.29, 1.82) is 0 Å². The molecule has 0 saturated heterocycles. The highest BCUT2D eigenvalue weighted by molar-refractivity contribution is 7.09. The van der Waals surface area contributed by atoms with Crippen LogP contribution in [-0.2, 0) is 4.79 Å². The zero-order valence-corrected chi connectivity index (χ0v) is 18.9. The molecule has 32 heavy (non-hydrogen) atoms. The molecule has 1 amide bonds. The number of nitrogens with zero attached hydrogens (tertiary/aromatic N) is 1. The average molecular weight is 444 g/mol. The zero-order valence-electron chi connectivity index (χ0n) is 18.0. The van der Waals surface area contributed by atoms with Crippen molar-refractivity contribution in [1.82, 2.24) is 4.98 Å². The summed E-state index contributed by atoms with van der Waals surface area (Å²) in [6, 6.07) is 24.5. The third-order valence-corrected chi connectivity index (χ3v) is 5.70. The summed E-state index contributed by atoms with van der Waals surface area (Å²) in [6.45, 7) is 4.44. The van der Waals surface area contributed by atoms with Crippen LogP contribution in [0.1, 0.15) is 23.5 Å². The van der Waals surface area contributed by atoms with E-state index in [-0.39, 0.29) is 5.91 Å². The topological polar surface area (TPSA) is 63.2 Å². The smallest absolute Gasteiger partial charge is 0.251 e. The highest BCUT2D eigenvalue weighted by Gasteiger charge is 2.22. The Balaban J connectivity index is 1.62. The molecule has 0 aliphatic heterocycles. The van der Waals surface area contributed by atoms with Gasteiger partial charge in [0.2, 0.25) is 0 Å². The number of nitrogens with one attached hydrogen (secondary N) is 2. The van der Waals surface area contributed by atoms with Crippen molar-refractivity contribution in [2.45, 2.75) is 19.9 Å². The van der Waals surface area contributed by atoms with Crippen LogP contribution in [0.3, 0.4) is 0 Å². The number of amides is 1. The fourth-order valence-corrected chi connectivity index (χ4v) is 4.05. The molecule has 162 valence electrons. The van der Waals surface area contributed by atoms with Gasteiger partial charge in [0.05, 0.1) is 23.0 Å². The number of aryl methyl sites for hydroxylation is 1. The van der Waals surface area contributed by atoms with Gasteiger partial charge in [0, 0.05) is 16.6 Å². The van der Waals surface area contributed by atoms with E-state index in [4.69, 9.17) is 4.74 Å². The van der Waals surface area contributed by atoms with E-state index in [0.29, 0.717) is 18.0 Å². The van der Waals surface area contributed by atoms with E-state index in [1.165, 1.54) is 0 Å². The number of aromatic nitrogens is 1. The molecular weight excluding hydrogens is 418 g/mol. The van der Waals surface area contributed by atoms with Crippen LogP contribution in [0.25, 0.3) is 11.3 Å². The molecule has 0 aliphatic carbocycles. The zero-order chi connectivity index (χ0) is 22.3. The Morgan fingerprint density at radius 2 is 1.81 bits per heavy atom. The Morgan fingerprint density at radius 1 is 1.03 bits per heavy atom. The molecule has 5 nitrogen and oxygen atoms in total. The van der Waals surface area contributed by atoms with Gasteiger partial charge in [-0.05, 0) is 43.7 Å². The van der Waals surface area contributed by atoms with Gasteiger partial charge in [-0.15, -0.1) is 11.3 Å². The van der Waals surface area contributed by atoms with E-state index in [2.05, 4.69) is 15.6 Å². The van der Waals surface area contributed by atoms with Crippen LogP contribution in [-0.4, -0.2) is 17.5 Å². The van der Waals surface area contributed by atoms with Crippen LogP contribution in [0, 0.1) is 6.92 Å². The minimum Gasteiger partial charge on any atom is -0.492 e. The molecule has 4 aromatic rings. The van der Waals surface area contributed by atoms with Gasteiger partial charge in [0.25, 0.3) is 5.91 Å². The van der Waals surface area contributed by atoms with Crippen molar-refractivity contribution in [3.05, 3.63) is 94.8 Å². The van der Waals surface area contributed by atoms with E-state index < -0.39 is 6.04 Å². The number of rotatable bonds is 8. The Labute approximate surface area is 192 Å². The van der Waals surface area contributed by atoms with Crippen LogP contribution in [0.4, 0.5) is 11.4 Å². The maximum absolute atomic E-state index is 13.4. The molecule has 1 aromatic heterocycles. The maximum atomic E-state index is 13.4. The monoisotopic (exact) mass is 443 g/mol. The molecule has 0 bridgehead atoms. The minimum absolute atomic E-state index is 0.168. The normalized spacial score (nSPS) is 11.6. The van der Waals surface area contributed by atoms with Crippen molar-refractivity contribution in [3.63, 3.8) is 0 Å². The van der Waals surface area contributed by atoms with Gasteiger partial charge in [-0.25, -0.2) is 4.98 Å². The molecule has 6 heteroatoms. The fraction of sp³-hybridized carbons (Fsp3) is 0.154. The van der Waals surface area contributed by atoms with Crippen LogP contribution in [0.15, 0.2) is 84.2 Å². The summed E-state index contributed by atoms with van der Waals surface area (Å²) in [7, 11) is 0. The Kier molecular flexibility index (Phi) is 6.82. The summed E-state index contributed by atoms with van der Waals surface area (Å²) in [5.41, 5.74) is 4.30. The summed E-state index contributed by atoms with van der Waals surface area (Å²) in [4.78, 5) is 18.0. The van der Waals surface area contributed by atoms with Crippen LogP contribution < -0.4 is 15.4 Å². The number of benzene rings is 3. The molecule has 0 radical (unpaired) electrons. The molecule has 4 rings (SSSR count). The van der Waals surface area contributed by atoms with E-state index in [1.54, 1.807) is 11.3 Å². The predicted octanol–water partition coefficient (Wildman–Crippen LogP) is 6.31. The number of hydrogen-bond acceptors (Lipinski definition) is 5. The Morgan fingerprint density at radius 3 is 2.56 bits per heavy atom. The second-order valence-corrected chi connectivity index (χ2v) is 8.30. The van der Waals surface area contributed by atoms with Crippen molar-refractivity contribution in [3.8, 4) is 17.0 Å². The molecular formula is C26H25N3O2S. The first-order valence-electron chi connectivity index (χ1n) is 10.5. The number of anilines is 2. The standard InChI is InChI=1S/C26H25N3O2S/c1-3-31-24-15-8-7-14-22(24)29-26(30)25(19-10-5-4-6-11-19)28-21-13-9-12-20(16-21)23-17-32-18(2)27-23/h4-17,25,28H,3H2,1-2H3,(H,29,30)/t25-/m0/s1. The van der Waals surface area contributed by atoms with Gasteiger partial charge in [-0.1, -0.05) is 54.6 Å². The number of hydrogen-bond donors (Lipinski definition) is 2. The number of ether oxygens (including phenoxy) is 1. The lowest BCUT2D eigenvalue weighted by atomic mass is 10.0. The molecule has 0 fully saturated rings. The molecule has 0 aliphatic rings. The third kappa shape index (κ3) is 5.15. The third-order valence-electron chi connectivity index (χ3n) is 4.93. The van der Waals surface area contributed by atoms with Crippen molar-refractivity contribution >= 4 is 28.6 Å². The lowest BCUT2D eigenvalue weighted by molar-refractivity contribution is -0.117. The van der Waals surface area contributed by atoms with Crippen molar-refractivity contribution in [2.24, 2.45) is 0 Å². The summed E-state index contributed by atoms with van der Waals surface area (Å²) in [5, 5.41) is 9.50. The van der Waals surface area contributed by atoms with Crippen molar-refractivity contribution in [2.75, 3.05) is 17.2 Å². The first-order chi connectivity index (χ1) is 15.6. The predicted molar refractivity (Wildman–Crippen MR) is 131 cm³/mol. The van der Waals surface area contributed by atoms with Crippen molar-refractivity contribution < 1.29 is 9.53 Å². The van der Waals surface area contributed by atoms with E-state index in [0.717, 1.165) is 27.5 Å². The lowest BCUT2D eigenvalue weighted by Crippen LogP contribution is -2.27. The molecule has 0 spiro atoms. The minimum atomic E-state index is -0.585. The van der Waals surface area contributed by atoms with E-state index in [1.807, 2.05) is 98.1 Å². The van der Waals surface area contributed by atoms with Gasteiger partial charge in [-0.3, -0.25) is 4.79 Å². The number of carbonyl (C=O) groups excluding carboxylic acids is 1. The largest absolute Gasteiger partial charge is 0.492 e. The second kappa shape index (κ2) is 10.1. The molecule has 1 atom stereocenters. The highest BCUT2D eigenvalue weighted by atomic mass is 32.1. The average Bonchev–Trinajstić information content (AvgIpc) is 3.26. The first kappa shape index (κ1) is 21.6. The van der Waals surface area contributed by atoms with Gasteiger partial charge < -0.3 is 15.4 Å². The quantitative estimate of drug-likeness (QED) is 0.335. The molecule has 3 aromatic carbocycles. The highest BCUT2D eigenvalue weighted by Crippen LogP contribution is 2.29. The SMILES string of the molecule is CCOc1ccccc1NC(=O)[C@@H](Nc1cccc(-c2csc(C)n2)c1)c1ccccc1. The number of para-hydroxylation sites is 2. The Bertz CT molecular complexity index is 1190. The van der Waals surface area contributed by atoms with Gasteiger partial charge >= 0.3 is 0 Å². The summed E-state index contributed by atoms with van der Waals surface area (Å²) >= 11 is 1.62. The van der Waals surface area contributed by atoms with Gasteiger partial charge in [-0.2, -0.15) is 0 Å². The molecule has 0 unspecified atom stereocenters. The first-order valence-corrected chi connectivity index (χ1v) is 11.4. The second-order valence-electron chi connectivity index (χ2n) is 7.24. The summed E-state index contributed by atoms with van der Waals surface area (Å²) in [6.07, 6.45) is 0. The summed E-state index contributed by atoms with van der Waals surface area (Å²) < 4.78 is 5.67. The summed E-state index contributed by atoms with van der Waals surface area (Å²) in [5.74, 6) is 0.481. The fourth-order valence-electron chi connectivity index (χ4n) is 3.43. The Hall–Kier alpha value is -3.64. The molecule has 0 saturated carbocycles. The van der Waals surface area contributed by atoms with Gasteiger partial charge in [0.1, 0.15) is 11.8 Å². The van der Waals surface area contributed by atoms with E-state index >= 15 is 0 Å². The number of carbonyl (C=O) groups is 1. The lowest BCUT2D eigenvalue weighted by Gasteiger charge is -2.21. The van der Waals surface area contributed by atoms with E-state index in [9.17, 15) is 4.79 Å². The van der Waals surface area contributed by atoms with Crippen LogP contribution in [0.5, 0.6) is 5.75 Å².